The topological polar surface area (TPSA) is 26.3 Å². The Hall–Kier alpha value is -2.49. The SMILES string of the molecule is C=CCCC/C=C1\CC[C@@H](O[Si](c2ccccc2)(c2ccccc2)C(C)(C)C)C=C1C=O. The predicted molar refractivity (Wildman–Crippen MR) is 138 cm³/mol. The van der Waals surface area contributed by atoms with Gasteiger partial charge in [-0.15, -0.1) is 6.58 Å². The van der Waals surface area contributed by atoms with E-state index < -0.39 is 8.32 Å². The van der Waals surface area contributed by atoms with E-state index in [4.69, 9.17) is 4.43 Å². The molecule has 0 N–H and O–H groups in total. The zero-order valence-corrected chi connectivity index (χ0v) is 20.7. The van der Waals surface area contributed by atoms with Crippen molar-refractivity contribution in [2.75, 3.05) is 0 Å². The maximum atomic E-state index is 11.9. The van der Waals surface area contributed by atoms with Crippen molar-refractivity contribution in [1.82, 2.24) is 0 Å². The normalized spacial score (nSPS) is 18.3. The lowest BCUT2D eigenvalue weighted by molar-refractivity contribution is -0.104. The summed E-state index contributed by atoms with van der Waals surface area (Å²) in [5.41, 5.74) is 1.95. The molecule has 168 valence electrons. The largest absolute Gasteiger partial charge is 0.401 e. The quantitative estimate of drug-likeness (QED) is 0.201. The monoisotopic (exact) mass is 444 g/mol. The number of hydrogen-bond acceptors (Lipinski definition) is 2. The summed E-state index contributed by atoms with van der Waals surface area (Å²) in [5, 5.41) is 2.46. The molecule has 3 rings (SSSR count). The zero-order valence-electron chi connectivity index (χ0n) is 19.7. The molecule has 2 nitrogen and oxygen atoms in total. The third-order valence-corrected chi connectivity index (χ3v) is 11.4. The van der Waals surface area contributed by atoms with Crippen molar-refractivity contribution in [3.8, 4) is 0 Å². The maximum Gasteiger partial charge on any atom is 0.261 e. The van der Waals surface area contributed by atoms with Crippen molar-refractivity contribution in [1.29, 1.82) is 0 Å². The lowest BCUT2D eigenvalue weighted by atomic mass is 9.91. The Labute approximate surface area is 194 Å². The van der Waals surface area contributed by atoms with Gasteiger partial charge in [-0.1, -0.05) is 93.6 Å². The van der Waals surface area contributed by atoms with E-state index >= 15 is 0 Å². The van der Waals surface area contributed by atoms with E-state index in [2.05, 4.69) is 100 Å². The van der Waals surface area contributed by atoms with Crippen molar-refractivity contribution < 1.29 is 9.22 Å². The lowest BCUT2D eigenvalue weighted by Crippen LogP contribution is -2.67. The second-order valence-corrected chi connectivity index (χ2v) is 13.8. The van der Waals surface area contributed by atoms with Gasteiger partial charge in [0.05, 0.1) is 6.10 Å². The lowest BCUT2D eigenvalue weighted by Gasteiger charge is -2.45. The molecule has 0 saturated heterocycles. The Kier molecular flexibility index (Phi) is 8.22. The van der Waals surface area contributed by atoms with Gasteiger partial charge in [0.25, 0.3) is 8.32 Å². The number of benzene rings is 2. The van der Waals surface area contributed by atoms with Gasteiger partial charge in [-0.2, -0.15) is 0 Å². The highest BCUT2D eigenvalue weighted by molar-refractivity contribution is 6.99. The van der Waals surface area contributed by atoms with Crippen molar-refractivity contribution in [3.05, 3.63) is 96.6 Å². The first-order chi connectivity index (χ1) is 15.4. The van der Waals surface area contributed by atoms with Crippen LogP contribution in [0.1, 0.15) is 52.9 Å². The number of aldehydes is 1. The van der Waals surface area contributed by atoms with Gasteiger partial charge in [0, 0.05) is 5.57 Å². The molecule has 2 aromatic rings. The minimum Gasteiger partial charge on any atom is -0.401 e. The Morgan fingerprint density at radius 2 is 1.59 bits per heavy atom. The highest BCUT2D eigenvalue weighted by atomic mass is 28.4. The summed E-state index contributed by atoms with van der Waals surface area (Å²) in [5.74, 6) is 0. The molecule has 32 heavy (non-hydrogen) atoms. The summed E-state index contributed by atoms with van der Waals surface area (Å²) in [6.07, 6.45) is 12.0. The number of allylic oxidation sites excluding steroid dienone is 4. The second kappa shape index (κ2) is 10.9. The minimum atomic E-state index is -2.63. The molecular formula is C29H36O2Si. The summed E-state index contributed by atoms with van der Waals surface area (Å²) in [7, 11) is -2.63. The van der Waals surface area contributed by atoms with Gasteiger partial charge < -0.3 is 4.43 Å². The average molecular weight is 445 g/mol. The van der Waals surface area contributed by atoms with E-state index in [1.165, 1.54) is 10.4 Å². The molecule has 0 unspecified atom stereocenters. The maximum absolute atomic E-state index is 11.9. The van der Waals surface area contributed by atoms with Crippen LogP contribution in [0.15, 0.2) is 96.6 Å². The van der Waals surface area contributed by atoms with Crippen LogP contribution in [0.4, 0.5) is 0 Å². The number of carbonyl (C=O) groups excluding carboxylic acids is 1. The zero-order chi connectivity index (χ0) is 23.0. The molecule has 0 radical (unpaired) electrons. The van der Waals surface area contributed by atoms with Crippen LogP contribution in [0.2, 0.25) is 5.04 Å². The van der Waals surface area contributed by atoms with Gasteiger partial charge in [0.2, 0.25) is 0 Å². The van der Waals surface area contributed by atoms with Gasteiger partial charge in [0.15, 0.2) is 0 Å². The molecule has 0 fully saturated rings. The number of hydrogen-bond donors (Lipinski definition) is 0. The highest BCUT2D eigenvalue weighted by Gasteiger charge is 2.51. The van der Waals surface area contributed by atoms with Crippen LogP contribution >= 0.6 is 0 Å². The molecule has 3 heteroatoms. The van der Waals surface area contributed by atoms with E-state index in [1.807, 2.05) is 6.08 Å². The van der Waals surface area contributed by atoms with E-state index in [9.17, 15) is 4.79 Å². The number of unbranched alkanes of at least 4 members (excludes halogenated alkanes) is 2. The summed E-state index contributed by atoms with van der Waals surface area (Å²) in [4.78, 5) is 11.9. The third-order valence-electron chi connectivity index (χ3n) is 6.31. The molecule has 0 amide bonds. The van der Waals surface area contributed by atoms with Crippen molar-refractivity contribution in [3.63, 3.8) is 0 Å². The van der Waals surface area contributed by atoms with Gasteiger partial charge in [0.1, 0.15) is 6.29 Å². The molecule has 1 atom stereocenters. The average Bonchev–Trinajstić information content (AvgIpc) is 2.81. The van der Waals surface area contributed by atoms with Crippen molar-refractivity contribution in [2.45, 2.75) is 64.0 Å². The summed E-state index contributed by atoms with van der Waals surface area (Å²) >= 11 is 0. The Bertz CT molecular complexity index is 912. The van der Waals surface area contributed by atoms with Crippen LogP contribution < -0.4 is 10.4 Å². The summed E-state index contributed by atoms with van der Waals surface area (Å²) in [6, 6.07) is 21.4. The molecule has 1 aliphatic rings. The van der Waals surface area contributed by atoms with Crippen molar-refractivity contribution in [2.24, 2.45) is 0 Å². The van der Waals surface area contributed by atoms with Gasteiger partial charge in [-0.05, 0) is 59.2 Å². The molecule has 1 aliphatic carbocycles. The summed E-state index contributed by atoms with van der Waals surface area (Å²) in [6.45, 7) is 10.7. The van der Waals surface area contributed by atoms with Crippen LogP contribution in [0.3, 0.4) is 0 Å². The van der Waals surface area contributed by atoms with Crippen LogP contribution in [0.25, 0.3) is 0 Å². The van der Waals surface area contributed by atoms with E-state index in [-0.39, 0.29) is 11.1 Å². The van der Waals surface area contributed by atoms with Gasteiger partial charge in [-0.25, -0.2) is 0 Å². The van der Waals surface area contributed by atoms with E-state index in [1.54, 1.807) is 0 Å². The molecule has 0 aliphatic heterocycles. The fourth-order valence-electron chi connectivity index (χ4n) is 4.72. The van der Waals surface area contributed by atoms with Crippen molar-refractivity contribution >= 4 is 25.0 Å². The molecule has 0 saturated carbocycles. The Morgan fingerprint density at radius 3 is 2.09 bits per heavy atom. The fourth-order valence-corrected chi connectivity index (χ4v) is 9.37. The molecule has 0 spiro atoms. The van der Waals surface area contributed by atoms with E-state index in [0.29, 0.717) is 0 Å². The highest BCUT2D eigenvalue weighted by Crippen LogP contribution is 2.39. The van der Waals surface area contributed by atoms with Crippen LogP contribution in [0, 0.1) is 0 Å². The van der Waals surface area contributed by atoms with Gasteiger partial charge in [-0.3, -0.25) is 4.79 Å². The first-order valence-corrected chi connectivity index (χ1v) is 13.6. The molecular weight excluding hydrogens is 408 g/mol. The fraction of sp³-hybridized carbons (Fsp3) is 0.345. The Morgan fingerprint density at radius 1 is 1.00 bits per heavy atom. The molecule has 2 aromatic carbocycles. The molecule has 0 heterocycles. The van der Waals surface area contributed by atoms with Crippen LogP contribution in [-0.4, -0.2) is 20.7 Å². The van der Waals surface area contributed by atoms with Gasteiger partial charge >= 0.3 is 0 Å². The third kappa shape index (κ3) is 5.28. The smallest absolute Gasteiger partial charge is 0.261 e. The minimum absolute atomic E-state index is 0.0770. The standard InChI is InChI=1S/C29H36O2Si/c1-5-6-7-10-15-24-20-21-26(22-25(24)23-30)31-32(29(2,3)4,27-16-11-8-12-17-27)28-18-13-9-14-19-28/h5,8-9,11-19,22-23,26H,1,6-7,10,20-21H2,2-4H3/b24-15+/t26-/m1/s1. The predicted octanol–water partition coefficient (Wildman–Crippen LogP) is 6.13. The second-order valence-electron chi connectivity index (χ2n) is 9.55. The first-order valence-electron chi connectivity index (χ1n) is 11.7. The molecule has 0 aromatic heterocycles. The number of carbonyl (C=O) groups is 1. The Balaban J connectivity index is 2.01. The number of rotatable bonds is 9. The van der Waals surface area contributed by atoms with E-state index in [0.717, 1.165) is 49.5 Å². The van der Waals surface area contributed by atoms with Crippen LogP contribution in [-0.2, 0) is 9.22 Å². The van der Waals surface area contributed by atoms with Crippen LogP contribution in [0.5, 0.6) is 0 Å². The first kappa shape index (κ1) is 24.2. The molecule has 0 bridgehead atoms. The summed E-state index contributed by atoms with van der Waals surface area (Å²) < 4.78 is 7.20.